The van der Waals surface area contributed by atoms with Gasteiger partial charge in [0, 0.05) is 6.04 Å². The molecular formula is C13H27N. The fourth-order valence-electron chi connectivity index (χ4n) is 3.14. The molecular weight excluding hydrogens is 170 g/mol. The fourth-order valence-corrected chi connectivity index (χ4v) is 3.14. The van der Waals surface area contributed by atoms with Crippen molar-refractivity contribution in [2.75, 3.05) is 13.6 Å². The quantitative estimate of drug-likeness (QED) is 0.574. The monoisotopic (exact) mass is 197 g/mol. The summed E-state index contributed by atoms with van der Waals surface area (Å²) in [6.07, 6.45) is 7.34. The smallest absolute Gasteiger partial charge is 0.0123 e. The van der Waals surface area contributed by atoms with Gasteiger partial charge < -0.3 is 4.90 Å². The molecule has 3 unspecified atom stereocenters. The lowest BCUT2D eigenvalue weighted by molar-refractivity contribution is 0.0448. The Labute approximate surface area is 89.9 Å². The van der Waals surface area contributed by atoms with Crippen molar-refractivity contribution in [1.82, 2.24) is 4.90 Å². The van der Waals surface area contributed by atoms with Crippen molar-refractivity contribution in [2.24, 2.45) is 11.8 Å². The Hall–Kier alpha value is -0.0400. The van der Waals surface area contributed by atoms with E-state index in [0.29, 0.717) is 0 Å². The van der Waals surface area contributed by atoms with E-state index in [4.69, 9.17) is 0 Å². The standard InChI is InChI=1S/C11H21N.C2H6/c1-9-7-8-12(2)11-6-4-3-5-10(9)11;1-2/h9-11H,3-8H2,1-2H3;1-2H3. The third kappa shape index (κ3) is 2.50. The molecule has 0 bridgehead atoms. The minimum absolute atomic E-state index is 0.933. The summed E-state index contributed by atoms with van der Waals surface area (Å²) in [5, 5.41) is 0. The first-order valence-corrected chi connectivity index (χ1v) is 6.49. The third-order valence-electron chi connectivity index (χ3n) is 4.02. The van der Waals surface area contributed by atoms with Gasteiger partial charge in [-0.2, -0.15) is 0 Å². The number of hydrogen-bond acceptors (Lipinski definition) is 1. The molecule has 1 saturated heterocycles. The summed E-state index contributed by atoms with van der Waals surface area (Å²) in [6.45, 7) is 7.79. The van der Waals surface area contributed by atoms with Crippen LogP contribution in [0.4, 0.5) is 0 Å². The van der Waals surface area contributed by atoms with E-state index in [0.717, 1.165) is 17.9 Å². The number of hydrogen-bond donors (Lipinski definition) is 0. The maximum Gasteiger partial charge on any atom is 0.0123 e. The number of nitrogens with zero attached hydrogens (tertiary/aromatic N) is 1. The van der Waals surface area contributed by atoms with E-state index in [-0.39, 0.29) is 0 Å². The normalized spacial score (nSPS) is 38.1. The maximum atomic E-state index is 2.60. The summed E-state index contributed by atoms with van der Waals surface area (Å²) in [4.78, 5) is 2.60. The topological polar surface area (TPSA) is 3.24 Å². The number of fused-ring (bicyclic) bond motifs is 1. The van der Waals surface area contributed by atoms with E-state index in [1.165, 1.54) is 38.6 Å². The molecule has 84 valence electrons. The molecule has 0 radical (unpaired) electrons. The van der Waals surface area contributed by atoms with Gasteiger partial charge in [-0.1, -0.05) is 33.6 Å². The van der Waals surface area contributed by atoms with Crippen LogP contribution < -0.4 is 0 Å². The van der Waals surface area contributed by atoms with Crippen molar-refractivity contribution in [3.05, 3.63) is 0 Å². The zero-order valence-corrected chi connectivity index (χ0v) is 10.4. The predicted molar refractivity (Wildman–Crippen MR) is 63.5 cm³/mol. The van der Waals surface area contributed by atoms with Crippen LogP contribution in [0.3, 0.4) is 0 Å². The van der Waals surface area contributed by atoms with Gasteiger partial charge in [0.25, 0.3) is 0 Å². The highest BCUT2D eigenvalue weighted by atomic mass is 15.1. The van der Waals surface area contributed by atoms with Gasteiger partial charge in [-0.05, 0) is 44.7 Å². The fraction of sp³-hybridized carbons (Fsp3) is 1.00. The van der Waals surface area contributed by atoms with Gasteiger partial charge in [0.15, 0.2) is 0 Å². The van der Waals surface area contributed by atoms with Crippen LogP contribution in [0.2, 0.25) is 0 Å². The lowest BCUT2D eigenvalue weighted by Crippen LogP contribution is -2.47. The van der Waals surface area contributed by atoms with Crippen molar-refractivity contribution in [3.8, 4) is 0 Å². The van der Waals surface area contributed by atoms with E-state index in [2.05, 4.69) is 18.9 Å². The molecule has 2 aliphatic rings. The number of likely N-dealkylation sites (tertiary alicyclic amines) is 1. The van der Waals surface area contributed by atoms with Crippen molar-refractivity contribution in [3.63, 3.8) is 0 Å². The van der Waals surface area contributed by atoms with Gasteiger partial charge in [-0.25, -0.2) is 0 Å². The summed E-state index contributed by atoms with van der Waals surface area (Å²) in [6, 6.07) is 0.933. The predicted octanol–water partition coefficient (Wildman–Crippen LogP) is 3.54. The molecule has 1 nitrogen and oxygen atoms in total. The molecule has 0 aromatic rings. The minimum Gasteiger partial charge on any atom is -0.303 e. The Morgan fingerprint density at radius 3 is 2.29 bits per heavy atom. The largest absolute Gasteiger partial charge is 0.303 e. The summed E-state index contributed by atoms with van der Waals surface area (Å²) >= 11 is 0. The molecule has 14 heavy (non-hydrogen) atoms. The molecule has 1 heterocycles. The average molecular weight is 197 g/mol. The number of piperidine rings is 1. The van der Waals surface area contributed by atoms with Crippen molar-refractivity contribution in [2.45, 2.75) is 58.9 Å². The first-order chi connectivity index (χ1) is 6.79. The van der Waals surface area contributed by atoms with Crippen LogP contribution in [0.1, 0.15) is 52.9 Å². The second-order valence-corrected chi connectivity index (χ2v) is 4.76. The molecule has 0 aromatic carbocycles. The third-order valence-corrected chi connectivity index (χ3v) is 4.02. The second-order valence-electron chi connectivity index (χ2n) is 4.76. The van der Waals surface area contributed by atoms with Crippen molar-refractivity contribution in [1.29, 1.82) is 0 Å². The Balaban J connectivity index is 0.000000461. The van der Waals surface area contributed by atoms with Gasteiger partial charge in [-0.3, -0.25) is 0 Å². The highest BCUT2D eigenvalue weighted by molar-refractivity contribution is 4.88. The second kappa shape index (κ2) is 5.75. The maximum absolute atomic E-state index is 2.60. The Morgan fingerprint density at radius 2 is 1.64 bits per heavy atom. The van der Waals surface area contributed by atoms with Crippen LogP contribution in [0.15, 0.2) is 0 Å². The lowest BCUT2D eigenvalue weighted by atomic mass is 9.73. The average Bonchev–Trinajstić information content (AvgIpc) is 2.27. The zero-order chi connectivity index (χ0) is 10.6. The molecule has 0 N–H and O–H groups in total. The molecule has 0 aromatic heterocycles. The molecule has 1 aliphatic heterocycles. The van der Waals surface area contributed by atoms with Gasteiger partial charge >= 0.3 is 0 Å². The van der Waals surface area contributed by atoms with Gasteiger partial charge in [0.1, 0.15) is 0 Å². The van der Waals surface area contributed by atoms with Crippen LogP contribution in [0.25, 0.3) is 0 Å². The highest BCUT2D eigenvalue weighted by Gasteiger charge is 2.35. The summed E-state index contributed by atoms with van der Waals surface area (Å²) in [5.74, 6) is 2.02. The zero-order valence-electron chi connectivity index (χ0n) is 10.4. The van der Waals surface area contributed by atoms with E-state index >= 15 is 0 Å². The van der Waals surface area contributed by atoms with Crippen molar-refractivity contribution < 1.29 is 0 Å². The van der Waals surface area contributed by atoms with E-state index in [1.807, 2.05) is 13.8 Å². The molecule has 2 rings (SSSR count). The Morgan fingerprint density at radius 1 is 1.00 bits per heavy atom. The van der Waals surface area contributed by atoms with Crippen LogP contribution in [-0.2, 0) is 0 Å². The summed E-state index contributed by atoms with van der Waals surface area (Å²) in [5.41, 5.74) is 0. The number of rotatable bonds is 0. The lowest BCUT2D eigenvalue weighted by Gasteiger charge is -2.45. The summed E-state index contributed by atoms with van der Waals surface area (Å²) in [7, 11) is 2.31. The molecule has 0 spiro atoms. The van der Waals surface area contributed by atoms with E-state index in [1.54, 1.807) is 0 Å². The first-order valence-electron chi connectivity index (χ1n) is 6.49. The molecule has 2 fully saturated rings. The first kappa shape index (κ1) is 12.0. The molecule has 1 aliphatic carbocycles. The highest BCUT2D eigenvalue weighted by Crippen LogP contribution is 2.37. The van der Waals surface area contributed by atoms with E-state index in [9.17, 15) is 0 Å². The van der Waals surface area contributed by atoms with Gasteiger partial charge in [0.05, 0.1) is 0 Å². The van der Waals surface area contributed by atoms with Crippen molar-refractivity contribution >= 4 is 0 Å². The molecule has 3 atom stereocenters. The van der Waals surface area contributed by atoms with Gasteiger partial charge in [0.2, 0.25) is 0 Å². The van der Waals surface area contributed by atoms with Crippen LogP contribution in [-0.4, -0.2) is 24.5 Å². The molecule has 1 heteroatoms. The molecule has 1 saturated carbocycles. The van der Waals surface area contributed by atoms with Crippen LogP contribution in [0, 0.1) is 11.8 Å². The van der Waals surface area contributed by atoms with E-state index < -0.39 is 0 Å². The van der Waals surface area contributed by atoms with Crippen LogP contribution in [0.5, 0.6) is 0 Å². The SMILES string of the molecule is CC.CC1CCN(C)C2CCCCC12. The molecule has 0 amide bonds. The summed E-state index contributed by atoms with van der Waals surface area (Å²) < 4.78 is 0. The Bertz CT molecular complexity index is 137. The minimum atomic E-state index is 0.933. The van der Waals surface area contributed by atoms with Crippen LogP contribution >= 0.6 is 0 Å². The Kier molecular flexibility index (Phi) is 4.94. The van der Waals surface area contributed by atoms with Gasteiger partial charge in [-0.15, -0.1) is 0 Å².